The molecule has 0 unspecified atom stereocenters. The highest BCUT2D eigenvalue weighted by Crippen LogP contribution is 2.12. The second-order valence-corrected chi connectivity index (χ2v) is 5.58. The molecule has 0 fully saturated rings. The van der Waals surface area contributed by atoms with Crippen LogP contribution in [0.15, 0.2) is 18.2 Å². The lowest BCUT2D eigenvalue weighted by atomic mass is 10.0. The average molecular weight is 264 g/mol. The monoisotopic (exact) mass is 264 g/mol. The number of amides is 1. The smallest absolute Gasteiger partial charge is 0.225 e. The van der Waals surface area contributed by atoms with Crippen molar-refractivity contribution in [2.24, 2.45) is 5.73 Å². The molecule has 0 aliphatic heterocycles. The Morgan fingerprint density at radius 1 is 1.39 bits per heavy atom. The molecule has 18 heavy (non-hydrogen) atoms. The van der Waals surface area contributed by atoms with Gasteiger partial charge in [0, 0.05) is 0 Å². The Labute approximate surface area is 114 Å². The number of rotatable bonds is 4. The molecule has 1 rings (SSSR count). The molecule has 0 heterocycles. The summed E-state index contributed by atoms with van der Waals surface area (Å²) < 4.78 is 0. The Morgan fingerprint density at radius 2 is 2.00 bits per heavy atom. The maximum atomic E-state index is 12.0. The zero-order valence-corrected chi connectivity index (χ0v) is 12.1. The SMILES string of the molecule is Cc1ccc(C)c(CC(=O)NC(C)(C)C(N)=S)c1. The van der Waals surface area contributed by atoms with E-state index in [-0.39, 0.29) is 10.9 Å². The van der Waals surface area contributed by atoms with Crippen molar-refractivity contribution >= 4 is 23.1 Å². The number of nitrogens with two attached hydrogens (primary N) is 1. The van der Waals surface area contributed by atoms with E-state index in [4.69, 9.17) is 18.0 Å². The van der Waals surface area contributed by atoms with Gasteiger partial charge in [-0.2, -0.15) is 0 Å². The minimum Gasteiger partial charge on any atom is -0.391 e. The number of benzene rings is 1. The summed E-state index contributed by atoms with van der Waals surface area (Å²) in [5.74, 6) is -0.0681. The summed E-state index contributed by atoms with van der Waals surface area (Å²) >= 11 is 4.92. The van der Waals surface area contributed by atoms with Crippen LogP contribution in [0, 0.1) is 13.8 Å². The molecule has 1 amide bonds. The Kier molecular flexibility index (Phi) is 4.46. The van der Waals surface area contributed by atoms with Gasteiger partial charge in [0.15, 0.2) is 0 Å². The number of hydrogen-bond donors (Lipinski definition) is 2. The minimum absolute atomic E-state index is 0.0681. The molecule has 1 aromatic rings. The summed E-state index contributed by atoms with van der Waals surface area (Å²) in [5, 5.41) is 2.85. The molecule has 0 atom stereocenters. The summed E-state index contributed by atoms with van der Waals surface area (Å²) in [6, 6.07) is 6.09. The van der Waals surface area contributed by atoms with Crippen LogP contribution in [0.2, 0.25) is 0 Å². The summed E-state index contributed by atoms with van der Waals surface area (Å²) in [6.07, 6.45) is 0.347. The van der Waals surface area contributed by atoms with E-state index in [0.717, 1.165) is 16.7 Å². The van der Waals surface area contributed by atoms with Crippen molar-refractivity contribution in [3.63, 3.8) is 0 Å². The topological polar surface area (TPSA) is 55.1 Å². The Hall–Kier alpha value is -1.42. The van der Waals surface area contributed by atoms with Gasteiger partial charge in [0.1, 0.15) is 0 Å². The highest BCUT2D eigenvalue weighted by molar-refractivity contribution is 7.80. The number of carbonyl (C=O) groups is 1. The quantitative estimate of drug-likeness (QED) is 0.818. The van der Waals surface area contributed by atoms with Crippen LogP contribution < -0.4 is 11.1 Å². The lowest BCUT2D eigenvalue weighted by Crippen LogP contribution is -2.52. The summed E-state index contributed by atoms with van der Waals surface area (Å²) in [6.45, 7) is 7.62. The van der Waals surface area contributed by atoms with Gasteiger partial charge in [0.05, 0.1) is 16.9 Å². The third-order valence-electron chi connectivity index (χ3n) is 2.92. The van der Waals surface area contributed by atoms with E-state index < -0.39 is 5.54 Å². The summed E-state index contributed by atoms with van der Waals surface area (Å²) in [5.41, 5.74) is 8.23. The molecule has 0 spiro atoms. The summed E-state index contributed by atoms with van der Waals surface area (Å²) in [4.78, 5) is 12.3. The molecule has 0 saturated heterocycles. The normalized spacial score (nSPS) is 11.1. The number of thiocarbonyl (C=S) groups is 1. The van der Waals surface area contributed by atoms with Crippen LogP contribution in [0.3, 0.4) is 0 Å². The van der Waals surface area contributed by atoms with Gasteiger partial charge in [0.25, 0.3) is 0 Å². The Balaban J connectivity index is 2.77. The van der Waals surface area contributed by atoms with Gasteiger partial charge < -0.3 is 11.1 Å². The molecule has 0 aromatic heterocycles. The molecule has 0 bridgehead atoms. The van der Waals surface area contributed by atoms with Crippen LogP contribution in [-0.4, -0.2) is 16.4 Å². The lowest BCUT2D eigenvalue weighted by molar-refractivity contribution is -0.121. The molecular weight excluding hydrogens is 244 g/mol. The third-order valence-corrected chi connectivity index (χ3v) is 3.43. The van der Waals surface area contributed by atoms with Gasteiger partial charge in [-0.15, -0.1) is 0 Å². The first-order valence-electron chi connectivity index (χ1n) is 5.89. The molecule has 0 aliphatic carbocycles. The predicted octanol–water partition coefficient (Wildman–Crippen LogP) is 2.03. The number of nitrogens with one attached hydrogen (secondary N) is 1. The number of aryl methyl sites for hydroxylation is 2. The first kappa shape index (κ1) is 14.6. The van der Waals surface area contributed by atoms with Crippen molar-refractivity contribution in [3.05, 3.63) is 34.9 Å². The first-order valence-corrected chi connectivity index (χ1v) is 6.30. The number of carbonyl (C=O) groups excluding carboxylic acids is 1. The van der Waals surface area contributed by atoms with E-state index in [1.54, 1.807) is 13.8 Å². The van der Waals surface area contributed by atoms with Crippen molar-refractivity contribution in [1.29, 1.82) is 0 Å². The molecule has 3 N–H and O–H groups in total. The molecule has 0 radical (unpaired) electrons. The standard InChI is InChI=1S/C14H20N2OS/c1-9-5-6-10(2)11(7-9)8-12(17)16-14(3,4)13(15)18/h5-7H,8H2,1-4H3,(H2,15,18)(H,16,17). The predicted molar refractivity (Wildman–Crippen MR) is 78.6 cm³/mol. The molecule has 0 saturated carbocycles. The fourth-order valence-corrected chi connectivity index (χ4v) is 1.67. The molecule has 3 nitrogen and oxygen atoms in total. The molecule has 1 aromatic carbocycles. The van der Waals surface area contributed by atoms with Crippen molar-refractivity contribution < 1.29 is 4.79 Å². The van der Waals surface area contributed by atoms with Gasteiger partial charge in [0.2, 0.25) is 5.91 Å². The first-order chi connectivity index (χ1) is 8.22. The van der Waals surface area contributed by atoms with Gasteiger partial charge in [-0.25, -0.2) is 0 Å². The van der Waals surface area contributed by atoms with E-state index in [0.29, 0.717) is 6.42 Å². The molecule has 0 aliphatic rings. The maximum Gasteiger partial charge on any atom is 0.225 e. The fraction of sp³-hybridized carbons (Fsp3) is 0.429. The zero-order valence-electron chi connectivity index (χ0n) is 11.3. The van der Waals surface area contributed by atoms with Gasteiger partial charge in [-0.1, -0.05) is 36.0 Å². The van der Waals surface area contributed by atoms with Gasteiger partial charge >= 0.3 is 0 Å². The third kappa shape index (κ3) is 3.81. The largest absolute Gasteiger partial charge is 0.391 e. The van der Waals surface area contributed by atoms with Gasteiger partial charge in [-0.05, 0) is 38.8 Å². The van der Waals surface area contributed by atoms with Crippen LogP contribution >= 0.6 is 12.2 Å². The minimum atomic E-state index is -0.649. The van der Waals surface area contributed by atoms with E-state index >= 15 is 0 Å². The molecule has 98 valence electrons. The van der Waals surface area contributed by atoms with E-state index in [2.05, 4.69) is 5.32 Å². The number of hydrogen-bond acceptors (Lipinski definition) is 2. The Morgan fingerprint density at radius 3 is 2.56 bits per heavy atom. The van der Waals surface area contributed by atoms with Crippen LogP contribution in [-0.2, 0) is 11.2 Å². The van der Waals surface area contributed by atoms with Crippen LogP contribution in [0.1, 0.15) is 30.5 Å². The van der Waals surface area contributed by atoms with Crippen LogP contribution in [0.25, 0.3) is 0 Å². The van der Waals surface area contributed by atoms with Crippen molar-refractivity contribution in [1.82, 2.24) is 5.32 Å². The van der Waals surface area contributed by atoms with E-state index in [9.17, 15) is 4.79 Å². The second-order valence-electron chi connectivity index (χ2n) is 5.14. The molecular formula is C14H20N2OS. The van der Waals surface area contributed by atoms with Crippen LogP contribution in [0.4, 0.5) is 0 Å². The molecule has 4 heteroatoms. The van der Waals surface area contributed by atoms with E-state index in [1.807, 2.05) is 32.0 Å². The summed E-state index contributed by atoms with van der Waals surface area (Å²) in [7, 11) is 0. The highest BCUT2D eigenvalue weighted by atomic mass is 32.1. The van der Waals surface area contributed by atoms with Crippen molar-refractivity contribution in [3.8, 4) is 0 Å². The maximum absolute atomic E-state index is 12.0. The van der Waals surface area contributed by atoms with Crippen LogP contribution in [0.5, 0.6) is 0 Å². The zero-order chi connectivity index (χ0) is 13.9. The highest BCUT2D eigenvalue weighted by Gasteiger charge is 2.23. The van der Waals surface area contributed by atoms with Crippen molar-refractivity contribution in [2.45, 2.75) is 39.7 Å². The average Bonchev–Trinajstić information content (AvgIpc) is 2.22. The van der Waals surface area contributed by atoms with E-state index in [1.165, 1.54) is 0 Å². The van der Waals surface area contributed by atoms with Crippen molar-refractivity contribution in [2.75, 3.05) is 0 Å². The lowest BCUT2D eigenvalue weighted by Gasteiger charge is -2.25. The van der Waals surface area contributed by atoms with Gasteiger partial charge in [-0.3, -0.25) is 4.79 Å². The second kappa shape index (κ2) is 5.48. The fourth-order valence-electron chi connectivity index (χ4n) is 1.62. The Bertz CT molecular complexity index is 481.